The highest BCUT2D eigenvalue weighted by Crippen LogP contribution is 2.19. The highest BCUT2D eigenvalue weighted by atomic mass is 35.5. The molecule has 1 N–H and O–H groups in total. The van der Waals surface area contributed by atoms with Crippen LogP contribution in [0.15, 0.2) is 12.3 Å². The molecule has 0 aliphatic rings. The Morgan fingerprint density at radius 2 is 2.16 bits per heavy atom. The molecule has 0 saturated heterocycles. The molecule has 0 spiro atoms. The Hall–Kier alpha value is -0.840. The zero-order valence-corrected chi connectivity index (χ0v) is 12.9. The zero-order valence-electron chi connectivity index (χ0n) is 11.4. The quantitative estimate of drug-likeness (QED) is 0.822. The fourth-order valence-electron chi connectivity index (χ4n) is 1.52. The highest BCUT2D eigenvalue weighted by molar-refractivity contribution is 6.34. The van der Waals surface area contributed by atoms with Crippen LogP contribution in [-0.4, -0.2) is 35.9 Å². The van der Waals surface area contributed by atoms with E-state index < -0.39 is 0 Å². The molecule has 0 unspecified atom stereocenters. The van der Waals surface area contributed by atoms with Gasteiger partial charge in [-0.05, 0) is 19.0 Å². The fourth-order valence-corrected chi connectivity index (χ4v) is 1.94. The Morgan fingerprint density at radius 3 is 2.74 bits per heavy atom. The normalized spacial score (nSPS) is 11.1. The Balaban J connectivity index is 2.46. The van der Waals surface area contributed by atoms with E-state index in [1.54, 1.807) is 12.3 Å². The number of hydrogen-bond acceptors (Lipinski definition) is 3. The van der Waals surface area contributed by atoms with Gasteiger partial charge in [0.15, 0.2) is 0 Å². The third-order valence-electron chi connectivity index (χ3n) is 2.46. The third-order valence-corrected chi connectivity index (χ3v) is 3.02. The van der Waals surface area contributed by atoms with Gasteiger partial charge in [-0.1, -0.05) is 37.0 Å². The number of nitrogens with one attached hydrogen (secondary N) is 1. The van der Waals surface area contributed by atoms with Crippen molar-refractivity contribution in [1.82, 2.24) is 15.2 Å². The average Bonchev–Trinajstić information content (AvgIpc) is 2.30. The molecule has 0 bridgehead atoms. The van der Waals surface area contributed by atoms with Crippen LogP contribution in [0.2, 0.25) is 10.2 Å². The van der Waals surface area contributed by atoms with Crippen LogP contribution in [-0.2, 0) is 11.3 Å². The van der Waals surface area contributed by atoms with Gasteiger partial charge < -0.3 is 5.32 Å². The molecule has 1 rings (SSSR count). The molecule has 1 aromatic heterocycles. The van der Waals surface area contributed by atoms with E-state index in [9.17, 15) is 4.79 Å². The molecule has 1 aromatic rings. The molecule has 0 saturated carbocycles. The third kappa shape index (κ3) is 6.23. The first-order valence-electron chi connectivity index (χ1n) is 6.13. The molecule has 0 aliphatic carbocycles. The monoisotopic (exact) mass is 303 g/mol. The zero-order chi connectivity index (χ0) is 14.4. The molecule has 0 radical (unpaired) electrons. The fraction of sp³-hybridized carbons (Fsp3) is 0.538. The number of amides is 1. The number of aromatic nitrogens is 1. The van der Waals surface area contributed by atoms with E-state index in [2.05, 4.69) is 24.1 Å². The van der Waals surface area contributed by atoms with Crippen molar-refractivity contribution in [3.05, 3.63) is 28.0 Å². The highest BCUT2D eigenvalue weighted by Gasteiger charge is 2.10. The van der Waals surface area contributed by atoms with Crippen LogP contribution < -0.4 is 5.32 Å². The van der Waals surface area contributed by atoms with E-state index in [0.29, 0.717) is 35.7 Å². The minimum atomic E-state index is 0.00856. The average molecular weight is 304 g/mol. The molecular formula is C13H19Cl2N3O. The molecule has 0 atom stereocenters. The lowest BCUT2D eigenvalue weighted by molar-refractivity contribution is -0.122. The summed E-state index contributed by atoms with van der Waals surface area (Å²) >= 11 is 11.8. The van der Waals surface area contributed by atoms with Crippen molar-refractivity contribution in [2.75, 3.05) is 20.1 Å². The summed E-state index contributed by atoms with van der Waals surface area (Å²) in [5.74, 6) is 0.457. The minimum Gasteiger partial charge on any atom is -0.355 e. The van der Waals surface area contributed by atoms with E-state index in [0.717, 1.165) is 5.56 Å². The second-order valence-electron chi connectivity index (χ2n) is 4.97. The smallest absolute Gasteiger partial charge is 0.234 e. The van der Waals surface area contributed by atoms with Gasteiger partial charge in [-0.25, -0.2) is 4.98 Å². The molecule has 106 valence electrons. The lowest BCUT2D eigenvalue weighted by Gasteiger charge is -2.17. The van der Waals surface area contributed by atoms with Crippen LogP contribution >= 0.6 is 23.2 Å². The van der Waals surface area contributed by atoms with E-state index in [4.69, 9.17) is 23.2 Å². The van der Waals surface area contributed by atoms with Crippen molar-refractivity contribution in [2.24, 2.45) is 5.92 Å². The van der Waals surface area contributed by atoms with Gasteiger partial charge in [-0.15, -0.1) is 0 Å². The molecular weight excluding hydrogens is 285 g/mol. The Morgan fingerprint density at radius 1 is 1.47 bits per heavy atom. The standard InChI is InChI=1S/C13H19Cl2N3O/c1-9(2)5-17-13(19)8-18(3)7-10-6-16-12(15)4-11(10)14/h4,6,9H,5,7-8H2,1-3H3,(H,17,19). The van der Waals surface area contributed by atoms with E-state index in [1.165, 1.54) is 0 Å². The molecule has 0 fully saturated rings. The van der Waals surface area contributed by atoms with E-state index in [-0.39, 0.29) is 5.91 Å². The lowest BCUT2D eigenvalue weighted by Crippen LogP contribution is -2.36. The summed E-state index contributed by atoms with van der Waals surface area (Å²) in [5, 5.41) is 3.80. The van der Waals surface area contributed by atoms with Gasteiger partial charge >= 0.3 is 0 Å². The molecule has 1 amide bonds. The molecule has 19 heavy (non-hydrogen) atoms. The molecule has 0 aliphatic heterocycles. The van der Waals surface area contributed by atoms with Crippen molar-refractivity contribution in [3.63, 3.8) is 0 Å². The summed E-state index contributed by atoms with van der Waals surface area (Å²) < 4.78 is 0. The molecule has 4 nitrogen and oxygen atoms in total. The number of pyridine rings is 1. The number of halogens is 2. The maximum atomic E-state index is 11.7. The first-order chi connectivity index (χ1) is 8.88. The summed E-state index contributed by atoms with van der Waals surface area (Å²) in [6.07, 6.45) is 1.63. The Labute approximate surface area is 124 Å². The maximum absolute atomic E-state index is 11.7. The number of carbonyl (C=O) groups is 1. The van der Waals surface area contributed by atoms with Crippen LogP contribution in [0.5, 0.6) is 0 Å². The van der Waals surface area contributed by atoms with Crippen molar-refractivity contribution >= 4 is 29.1 Å². The van der Waals surface area contributed by atoms with Crippen LogP contribution in [0.4, 0.5) is 0 Å². The van der Waals surface area contributed by atoms with E-state index in [1.807, 2.05) is 11.9 Å². The van der Waals surface area contributed by atoms with Crippen LogP contribution in [0.1, 0.15) is 19.4 Å². The maximum Gasteiger partial charge on any atom is 0.234 e. The van der Waals surface area contributed by atoms with Gasteiger partial charge in [-0.2, -0.15) is 0 Å². The molecule has 6 heteroatoms. The summed E-state index contributed by atoms with van der Waals surface area (Å²) in [6, 6.07) is 1.60. The largest absolute Gasteiger partial charge is 0.355 e. The minimum absolute atomic E-state index is 0.00856. The van der Waals surface area contributed by atoms with Crippen molar-refractivity contribution in [2.45, 2.75) is 20.4 Å². The summed E-state index contributed by atoms with van der Waals surface area (Å²) in [4.78, 5) is 17.5. The lowest BCUT2D eigenvalue weighted by atomic mass is 10.2. The number of nitrogens with zero attached hydrogens (tertiary/aromatic N) is 2. The predicted molar refractivity (Wildman–Crippen MR) is 78.4 cm³/mol. The van der Waals surface area contributed by atoms with Gasteiger partial charge in [0.25, 0.3) is 0 Å². The summed E-state index contributed by atoms with van der Waals surface area (Å²) in [5.41, 5.74) is 0.852. The number of hydrogen-bond donors (Lipinski definition) is 1. The topological polar surface area (TPSA) is 45.2 Å². The van der Waals surface area contributed by atoms with Crippen molar-refractivity contribution in [1.29, 1.82) is 0 Å². The first kappa shape index (κ1) is 16.2. The van der Waals surface area contributed by atoms with E-state index >= 15 is 0 Å². The summed E-state index contributed by atoms with van der Waals surface area (Å²) in [6.45, 7) is 5.69. The predicted octanol–water partition coefficient (Wildman–Crippen LogP) is 2.59. The van der Waals surface area contributed by atoms with Crippen LogP contribution in [0, 0.1) is 5.92 Å². The molecule has 0 aromatic carbocycles. The molecule has 1 heterocycles. The van der Waals surface area contributed by atoms with Gasteiger partial charge in [0.1, 0.15) is 5.15 Å². The van der Waals surface area contributed by atoms with Crippen LogP contribution in [0.3, 0.4) is 0 Å². The van der Waals surface area contributed by atoms with Crippen molar-refractivity contribution < 1.29 is 4.79 Å². The van der Waals surface area contributed by atoms with Gasteiger partial charge in [0.05, 0.1) is 6.54 Å². The summed E-state index contributed by atoms with van der Waals surface area (Å²) in [7, 11) is 1.86. The number of carbonyl (C=O) groups excluding carboxylic acids is 1. The Bertz CT molecular complexity index is 438. The number of rotatable bonds is 6. The van der Waals surface area contributed by atoms with Gasteiger partial charge in [0.2, 0.25) is 5.91 Å². The first-order valence-corrected chi connectivity index (χ1v) is 6.89. The second-order valence-corrected chi connectivity index (χ2v) is 5.76. The van der Waals surface area contributed by atoms with Gasteiger partial charge in [0, 0.05) is 29.9 Å². The van der Waals surface area contributed by atoms with Gasteiger partial charge in [-0.3, -0.25) is 9.69 Å². The second kappa shape index (κ2) is 7.68. The van der Waals surface area contributed by atoms with Crippen molar-refractivity contribution in [3.8, 4) is 0 Å². The number of likely N-dealkylation sites (N-methyl/N-ethyl adjacent to an activating group) is 1. The Kier molecular flexibility index (Phi) is 6.55. The SMILES string of the molecule is CC(C)CNC(=O)CN(C)Cc1cnc(Cl)cc1Cl. The van der Waals surface area contributed by atoms with Crippen LogP contribution in [0.25, 0.3) is 0 Å².